The molecular weight excluding hydrogens is 264 g/mol. The van der Waals surface area contributed by atoms with E-state index in [0.717, 1.165) is 12.1 Å². The van der Waals surface area contributed by atoms with E-state index in [-0.39, 0.29) is 17.3 Å². The van der Waals surface area contributed by atoms with E-state index < -0.39 is 17.5 Å². The molecule has 94 valence electrons. The highest BCUT2D eigenvalue weighted by Crippen LogP contribution is 2.13. The molecule has 0 saturated heterocycles. The highest BCUT2D eigenvalue weighted by atomic mass is 35.5. The Morgan fingerprint density at radius 1 is 1.22 bits per heavy atom. The minimum absolute atomic E-state index is 0.0338. The molecule has 0 radical (unpaired) electrons. The normalized spacial score (nSPS) is 10.4. The third kappa shape index (κ3) is 2.87. The Morgan fingerprint density at radius 2 is 2.00 bits per heavy atom. The zero-order valence-electron chi connectivity index (χ0n) is 9.04. The van der Waals surface area contributed by atoms with E-state index in [1.807, 2.05) is 0 Å². The van der Waals surface area contributed by atoms with Crippen molar-refractivity contribution in [2.24, 2.45) is 0 Å². The van der Waals surface area contributed by atoms with Crippen LogP contribution in [0.4, 0.5) is 8.78 Å². The van der Waals surface area contributed by atoms with E-state index in [1.54, 1.807) is 12.1 Å². The van der Waals surface area contributed by atoms with Gasteiger partial charge in [0.25, 0.3) is 5.91 Å². The van der Waals surface area contributed by atoms with Gasteiger partial charge in [0.05, 0.1) is 6.54 Å². The zero-order chi connectivity index (χ0) is 13.1. The molecule has 2 rings (SSSR count). The molecule has 1 heterocycles. The Morgan fingerprint density at radius 3 is 2.61 bits per heavy atom. The van der Waals surface area contributed by atoms with Gasteiger partial charge in [0.15, 0.2) is 16.9 Å². The molecule has 1 N–H and O–H groups in total. The van der Waals surface area contributed by atoms with Crippen molar-refractivity contribution in [2.75, 3.05) is 0 Å². The fourth-order valence-electron chi connectivity index (χ4n) is 1.35. The molecule has 0 fully saturated rings. The highest BCUT2D eigenvalue weighted by molar-refractivity contribution is 6.28. The number of rotatable bonds is 3. The summed E-state index contributed by atoms with van der Waals surface area (Å²) in [6, 6.07) is 6.07. The zero-order valence-corrected chi connectivity index (χ0v) is 9.80. The first-order valence-corrected chi connectivity index (χ1v) is 5.41. The first-order chi connectivity index (χ1) is 8.56. The molecule has 0 spiro atoms. The van der Waals surface area contributed by atoms with Crippen LogP contribution < -0.4 is 5.32 Å². The van der Waals surface area contributed by atoms with Gasteiger partial charge < -0.3 is 9.73 Å². The SMILES string of the molecule is O=C(NCc1ccc(Cl)o1)c1ccc(F)c(F)c1. The van der Waals surface area contributed by atoms with Crippen molar-refractivity contribution in [2.45, 2.75) is 6.54 Å². The second-order valence-electron chi connectivity index (χ2n) is 3.52. The van der Waals surface area contributed by atoms with Crippen LogP contribution in [0.3, 0.4) is 0 Å². The average Bonchev–Trinajstić information content (AvgIpc) is 2.75. The van der Waals surface area contributed by atoms with Gasteiger partial charge >= 0.3 is 0 Å². The molecule has 0 aliphatic carbocycles. The molecule has 3 nitrogen and oxygen atoms in total. The summed E-state index contributed by atoms with van der Waals surface area (Å²) >= 11 is 5.56. The maximum absolute atomic E-state index is 12.9. The van der Waals surface area contributed by atoms with Crippen LogP contribution >= 0.6 is 11.6 Å². The lowest BCUT2D eigenvalue weighted by molar-refractivity contribution is 0.0947. The largest absolute Gasteiger partial charge is 0.448 e. The molecule has 0 atom stereocenters. The van der Waals surface area contributed by atoms with E-state index in [1.165, 1.54) is 6.07 Å². The first-order valence-electron chi connectivity index (χ1n) is 5.04. The Bertz CT molecular complexity index is 583. The van der Waals surface area contributed by atoms with Crippen LogP contribution in [-0.2, 0) is 6.54 Å². The number of hydrogen-bond donors (Lipinski definition) is 1. The van der Waals surface area contributed by atoms with E-state index in [4.69, 9.17) is 16.0 Å². The maximum Gasteiger partial charge on any atom is 0.251 e. The molecule has 0 saturated carbocycles. The summed E-state index contributed by atoms with van der Waals surface area (Å²) in [5.74, 6) is -2.12. The van der Waals surface area contributed by atoms with Crippen LogP contribution in [0.2, 0.25) is 5.22 Å². The number of furan rings is 1. The van der Waals surface area contributed by atoms with Crippen LogP contribution in [0, 0.1) is 11.6 Å². The Labute approximate surface area is 106 Å². The molecule has 0 aliphatic rings. The molecule has 18 heavy (non-hydrogen) atoms. The summed E-state index contributed by atoms with van der Waals surface area (Å²) in [6.45, 7) is 0.116. The second-order valence-corrected chi connectivity index (χ2v) is 3.89. The fraction of sp³-hybridized carbons (Fsp3) is 0.0833. The minimum atomic E-state index is -1.07. The van der Waals surface area contributed by atoms with E-state index >= 15 is 0 Å². The van der Waals surface area contributed by atoms with Gasteiger partial charge in [-0.1, -0.05) is 0 Å². The summed E-state index contributed by atoms with van der Waals surface area (Å²) in [4.78, 5) is 11.6. The summed E-state index contributed by atoms with van der Waals surface area (Å²) < 4.78 is 30.6. The molecule has 6 heteroatoms. The van der Waals surface area contributed by atoms with Crippen molar-refractivity contribution < 1.29 is 18.0 Å². The van der Waals surface area contributed by atoms with Crippen molar-refractivity contribution in [3.8, 4) is 0 Å². The maximum atomic E-state index is 12.9. The quantitative estimate of drug-likeness (QED) is 0.932. The van der Waals surface area contributed by atoms with Crippen LogP contribution in [0.1, 0.15) is 16.1 Å². The number of carbonyl (C=O) groups excluding carboxylic acids is 1. The van der Waals surface area contributed by atoms with Crippen LogP contribution in [0.15, 0.2) is 34.7 Å². The van der Waals surface area contributed by atoms with Crippen LogP contribution in [0.25, 0.3) is 0 Å². The Hall–Kier alpha value is -1.88. The van der Waals surface area contributed by atoms with Gasteiger partial charge in [-0.2, -0.15) is 0 Å². The average molecular weight is 272 g/mol. The standard InChI is InChI=1S/C12H8ClF2NO2/c13-11-4-2-8(18-11)6-16-12(17)7-1-3-9(14)10(15)5-7/h1-5H,6H2,(H,16,17). The smallest absolute Gasteiger partial charge is 0.251 e. The summed E-state index contributed by atoms with van der Waals surface area (Å²) in [6.07, 6.45) is 0. The van der Waals surface area contributed by atoms with E-state index in [0.29, 0.717) is 5.76 Å². The minimum Gasteiger partial charge on any atom is -0.448 e. The van der Waals surface area contributed by atoms with Gasteiger partial charge in [0.1, 0.15) is 5.76 Å². The van der Waals surface area contributed by atoms with Crippen molar-refractivity contribution in [1.29, 1.82) is 0 Å². The van der Waals surface area contributed by atoms with Gasteiger partial charge in [-0.3, -0.25) is 4.79 Å². The predicted octanol–water partition coefficient (Wildman–Crippen LogP) is 3.14. The number of hydrogen-bond acceptors (Lipinski definition) is 2. The van der Waals surface area contributed by atoms with Gasteiger partial charge in [0.2, 0.25) is 0 Å². The van der Waals surface area contributed by atoms with Crippen molar-refractivity contribution in [1.82, 2.24) is 5.32 Å². The van der Waals surface area contributed by atoms with Gasteiger partial charge in [-0.25, -0.2) is 8.78 Å². The van der Waals surface area contributed by atoms with Crippen LogP contribution in [-0.4, -0.2) is 5.91 Å². The summed E-state index contributed by atoms with van der Waals surface area (Å²) in [7, 11) is 0. The molecule has 1 aromatic carbocycles. The number of carbonyl (C=O) groups is 1. The summed E-state index contributed by atoms with van der Waals surface area (Å²) in [5.41, 5.74) is 0.0338. The van der Waals surface area contributed by atoms with Gasteiger partial charge in [0, 0.05) is 5.56 Å². The van der Waals surface area contributed by atoms with E-state index in [9.17, 15) is 13.6 Å². The fourth-order valence-corrected chi connectivity index (χ4v) is 1.52. The predicted molar refractivity (Wildman–Crippen MR) is 61.2 cm³/mol. The molecule has 0 aliphatic heterocycles. The van der Waals surface area contributed by atoms with Gasteiger partial charge in [-0.15, -0.1) is 0 Å². The van der Waals surface area contributed by atoms with Crippen molar-refractivity contribution in [3.05, 3.63) is 58.5 Å². The monoisotopic (exact) mass is 271 g/mol. The molecule has 1 amide bonds. The van der Waals surface area contributed by atoms with E-state index in [2.05, 4.69) is 5.32 Å². The van der Waals surface area contributed by atoms with Crippen molar-refractivity contribution in [3.63, 3.8) is 0 Å². The lowest BCUT2D eigenvalue weighted by atomic mass is 10.2. The van der Waals surface area contributed by atoms with Gasteiger partial charge in [-0.05, 0) is 41.9 Å². The number of halogens is 3. The highest BCUT2D eigenvalue weighted by Gasteiger charge is 2.10. The lowest BCUT2D eigenvalue weighted by Gasteiger charge is -2.03. The van der Waals surface area contributed by atoms with Crippen LogP contribution in [0.5, 0.6) is 0 Å². The summed E-state index contributed by atoms with van der Waals surface area (Å²) in [5, 5.41) is 2.71. The number of amides is 1. The molecule has 0 bridgehead atoms. The molecule has 2 aromatic rings. The topological polar surface area (TPSA) is 42.2 Å². The third-order valence-electron chi connectivity index (χ3n) is 2.23. The Kier molecular flexibility index (Phi) is 3.62. The number of nitrogens with one attached hydrogen (secondary N) is 1. The number of benzene rings is 1. The molecular formula is C12H8ClF2NO2. The second kappa shape index (κ2) is 5.18. The molecule has 1 aromatic heterocycles. The Balaban J connectivity index is 2.01. The third-order valence-corrected chi connectivity index (χ3v) is 2.44. The first kappa shape index (κ1) is 12.6. The lowest BCUT2D eigenvalue weighted by Crippen LogP contribution is -2.22. The van der Waals surface area contributed by atoms with Crippen molar-refractivity contribution >= 4 is 17.5 Å². The molecule has 0 unspecified atom stereocenters.